The molecule has 0 aromatic carbocycles. The molecular weight excluding hydrogens is 216 g/mol. The van der Waals surface area contributed by atoms with Crippen molar-refractivity contribution in [3.63, 3.8) is 0 Å². The van der Waals surface area contributed by atoms with E-state index < -0.39 is 0 Å². The zero-order chi connectivity index (χ0) is 12.9. The summed E-state index contributed by atoms with van der Waals surface area (Å²) in [6.45, 7) is 10.2. The summed E-state index contributed by atoms with van der Waals surface area (Å²) in [6.07, 6.45) is 9.16. The lowest BCUT2D eigenvalue weighted by Gasteiger charge is -2.48. The lowest BCUT2D eigenvalue weighted by atomic mass is 9.57. The summed E-state index contributed by atoms with van der Waals surface area (Å²) in [4.78, 5) is 0. The average Bonchev–Trinajstić information content (AvgIpc) is 2.62. The second kappa shape index (κ2) is 4.84. The molecule has 104 valence electrons. The van der Waals surface area contributed by atoms with Gasteiger partial charge in [-0.1, -0.05) is 53.4 Å². The molecule has 3 aliphatic carbocycles. The van der Waals surface area contributed by atoms with E-state index in [1.807, 2.05) is 0 Å². The van der Waals surface area contributed by atoms with Crippen molar-refractivity contribution in [2.75, 3.05) is 0 Å². The first-order valence-corrected chi connectivity index (χ1v) is 8.65. The van der Waals surface area contributed by atoms with Crippen molar-refractivity contribution < 1.29 is 0 Å². The monoisotopic (exact) mass is 248 g/mol. The van der Waals surface area contributed by atoms with Crippen molar-refractivity contribution in [2.24, 2.45) is 47.3 Å². The lowest BCUT2D eigenvalue weighted by molar-refractivity contribution is 0.00944. The lowest BCUT2D eigenvalue weighted by Crippen LogP contribution is -2.41. The third-order valence-electron chi connectivity index (χ3n) is 7.45. The molecule has 0 nitrogen and oxygen atoms in total. The Hall–Kier alpha value is 0. The van der Waals surface area contributed by atoms with Gasteiger partial charge in [0.2, 0.25) is 0 Å². The molecule has 0 aliphatic heterocycles. The normalized spacial score (nSPS) is 56.0. The van der Waals surface area contributed by atoms with Gasteiger partial charge in [-0.05, 0) is 60.2 Å². The minimum absolute atomic E-state index is 0.979. The van der Waals surface area contributed by atoms with Crippen LogP contribution < -0.4 is 0 Å². The molecule has 3 rings (SSSR count). The molecule has 7 unspecified atom stereocenters. The van der Waals surface area contributed by atoms with Crippen molar-refractivity contribution in [1.29, 1.82) is 0 Å². The van der Waals surface area contributed by atoms with Crippen LogP contribution in [0.3, 0.4) is 0 Å². The van der Waals surface area contributed by atoms with E-state index in [0.717, 1.165) is 47.3 Å². The molecule has 0 bridgehead atoms. The van der Waals surface area contributed by atoms with E-state index in [2.05, 4.69) is 27.7 Å². The zero-order valence-electron chi connectivity index (χ0n) is 12.9. The summed E-state index contributed by atoms with van der Waals surface area (Å²) >= 11 is 0. The highest BCUT2D eigenvalue weighted by molar-refractivity contribution is 5.01. The molecular formula is C18H32. The van der Waals surface area contributed by atoms with Crippen LogP contribution in [-0.4, -0.2) is 0 Å². The standard InChI is InChI=1S/C18H32/c1-5-15-11(2)12(3)18-13(4)16-9-7-6-8-14(16)10-17(15)18/h11-18H,5-10H2,1-4H3/t11?,12?,13?,14?,15?,16-,17?,18?/m1/s1. The van der Waals surface area contributed by atoms with Crippen molar-refractivity contribution in [3.05, 3.63) is 0 Å². The van der Waals surface area contributed by atoms with Gasteiger partial charge < -0.3 is 0 Å². The highest BCUT2D eigenvalue weighted by Crippen LogP contribution is 2.60. The molecule has 3 fully saturated rings. The predicted octanol–water partition coefficient (Wildman–Crippen LogP) is 5.38. The van der Waals surface area contributed by atoms with Gasteiger partial charge in [-0.25, -0.2) is 0 Å². The molecule has 0 saturated heterocycles. The smallest absolute Gasteiger partial charge is 0.0326 e. The van der Waals surface area contributed by atoms with Crippen molar-refractivity contribution in [3.8, 4) is 0 Å². The molecule has 0 N–H and O–H groups in total. The number of fused-ring (bicyclic) bond motifs is 2. The Kier molecular flexibility index (Phi) is 3.49. The van der Waals surface area contributed by atoms with Crippen molar-refractivity contribution in [1.82, 2.24) is 0 Å². The van der Waals surface area contributed by atoms with Crippen LogP contribution in [-0.2, 0) is 0 Å². The average molecular weight is 248 g/mol. The molecule has 0 amide bonds. The maximum absolute atomic E-state index is 2.61. The Bertz CT molecular complexity index is 294. The number of hydrogen-bond donors (Lipinski definition) is 0. The summed E-state index contributed by atoms with van der Waals surface area (Å²) < 4.78 is 0. The molecule has 0 radical (unpaired) electrons. The first-order chi connectivity index (χ1) is 8.65. The Morgan fingerprint density at radius 2 is 1.56 bits per heavy atom. The Morgan fingerprint density at radius 1 is 0.833 bits per heavy atom. The van der Waals surface area contributed by atoms with Crippen molar-refractivity contribution in [2.45, 2.75) is 66.2 Å². The van der Waals surface area contributed by atoms with Gasteiger partial charge in [0.05, 0.1) is 0 Å². The SMILES string of the molecule is CCC1C(C)C(C)C2C1CC1CCCC[C@@H]1C2C. The summed E-state index contributed by atoms with van der Waals surface area (Å²) in [5.41, 5.74) is 0. The summed E-state index contributed by atoms with van der Waals surface area (Å²) in [5.74, 6) is 8.34. The highest BCUT2D eigenvalue weighted by atomic mass is 14.6. The fraction of sp³-hybridized carbons (Fsp3) is 1.00. The van der Waals surface area contributed by atoms with Gasteiger partial charge in [0.15, 0.2) is 0 Å². The largest absolute Gasteiger partial charge is 0.0651 e. The van der Waals surface area contributed by atoms with E-state index in [1.54, 1.807) is 19.3 Å². The van der Waals surface area contributed by atoms with E-state index in [-0.39, 0.29) is 0 Å². The van der Waals surface area contributed by atoms with Crippen LogP contribution in [0.2, 0.25) is 0 Å². The third-order valence-corrected chi connectivity index (χ3v) is 7.45. The van der Waals surface area contributed by atoms with E-state index in [1.165, 1.54) is 19.3 Å². The second-order valence-electron chi connectivity index (χ2n) is 7.83. The van der Waals surface area contributed by atoms with E-state index >= 15 is 0 Å². The summed E-state index contributed by atoms with van der Waals surface area (Å²) in [5, 5.41) is 0. The zero-order valence-corrected chi connectivity index (χ0v) is 12.9. The predicted molar refractivity (Wildman–Crippen MR) is 78.3 cm³/mol. The first-order valence-electron chi connectivity index (χ1n) is 8.65. The van der Waals surface area contributed by atoms with Gasteiger partial charge in [-0.15, -0.1) is 0 Å². The quantitative estimate of drug-likeness (QED) is 0.584. The molecule has 3 saturated carbocycles. The van der Waals surface area contributed by atoms with Crippen LogP contribution in [0.5, 0.6) is 0 Å². The molecule has 0 aromatic rings. The topological polar surface area (TPSA) is 0 Å². The van der Waals surface area contributed by atoms with Gasteiger partial charge >= 0.3 is 0 Å². The Balaban J connectivity index is 1.86. The van der Waals surface area contributed by atoms with E-state index in [0.29, 0.717) is 0 Å². The number of hydrogen-bond acceptors (Lipinski definition) is 0. The fourth-order valence-corrected chi connectivity index (χ4v) is 6.54. The molecule has 0 spiro atoms. The van der Waals surface area contributed by atoms with Gasteiger partial charge in [0.1, 0.15) is 0 Å². The Morgan fingerprint density at radius 3 is 2.28 bits per heavy atom. The maximum atomic E-state index is 2.61. The van der Waals surface area contributed by atoms with E-state index in [4.69, 9.17) is 0 Å². The number of rotatable bonds is 1. The van der Waals surface area contributed by atoms with Crippen LogP contribution in [0.1, 0.15) is 66.2 Å². The maximum Gasteiger partial charge on any atom is -0.0326 e. The second-order valence-corrected chi connectivity index (χ2v) is 7.83. The third kappa shape index (κ3) is 1.78. The molecule has 8 atom stereocenters. The molecule has 0 heteroatoms. The first kappa shape index (κ1) is 13.0. The van der Waals surface area contributed by atoms with Gasteiger partial charge in [0, 0.05) is 0 Å². The molecule has 3 aliphatic rings. The molecule has 18 heavy (non-hydrogen) atoms. The van der Waals surface area contributed by atoms with Crippen molar-refractivity contribution >= 4 is 0 Å². The van der Waals surface area contributed by atoms with Crippen LogP contribution in [0, 0.1) is 47.3 Å². The van der Waals surface area contributed by atoms with Gasteiger partial charge in [-0.3, -0.25) is 0 Å². The van der Waals surface area contributed by atoms with Crippen LogP contribution in [0.4, 0.5) is 0 Å². The van der Waals surface area contributed by atoms with Crippen LogP contribution >= 0.6 is 0 Å². The highest BCUT2D eigenvalue weighted by Gasteiger charge is 2.53. The molecule has 0 aromatic heterocycles. The minimum atomic E-state index is 0.979. The Labute approximate surface area is 114 Å². The minimum Gasteiger partial charge on any atom is -0.0651 e. The van der Waals surface area contributed by atoms with Crippen LogP contribution in [0.15, 0.2) is 0 Å². The summed E-state index contributed by atoms with van der Waals surface area (Å²) in [7, 11) is 0. The summed E-state index contributed by atoms with van der Waals surface area (Å²) in [6, 6.07) is 0. The van der Waals surface area contributed by atoms with Gasteiger partial charge in [0.25, 0.3) is 0 Å². The van der Waals surface area contributed by atoms with E-state index in [9.17, 15) is 0 Å². The molecule has 0 heterocycles. The van der Waals surface area contributed by atoms with Crippen LogP contribution in [0.25, 0.3) is 0 Å². The fourth-order valence-electron chi connectivity index (χ4n) is 6.54. The van der Waals surface area contributed by atoms with Gasteiger partial charge in [-0.2, -0.15) is 0 Å².